The second-order valence-electron chi connectivity index (χ2n) is 8.31. The first-order valence-electron chi connectivity index (χ1n) is 10.4. The van der Waals surface area contributed by atoms with Crippen molar-refractivity contribution in [2.75, 3.05) is 13.1 Å². The Morgan fingerprint density at radius 2 is 1.55 bits per heavy atom. The number of nitrogens with one attached hydrogen (secondary N) is 1. The van der Waals surface area contributed by atoms with E-state index in [4.69, 9.17) is 0 Å². The molecule has 2 amide bonds. The summed E-state index contributed by atoms with van der Waals surface area (Å²) in [6.45, 7) is 11.1. The van der Waals surface area contributed by atoms with Gasteiger partial charge in [-0.1, -0.05) is 73.5 Å². The predicted octanol–water partition coefficient (Wildman–Crippen LogP) is 4.08. The van der Waals surface area contributed by atoms with Crippen molar-refractivity contribution in [3.8, 4) is 0 Å². The summed E-state index contributed by atoms with van der Waals surface area (Å²) < 4.78 is 0. The van der Waals surface area contributed by atoms with Crippen LogP contribution in [0.4, 0.5) is 0 Å². The molecule has 2 aromatic rings. The molecular weight excluding hydrogens is 360 g/mol. The van der Waals surface area contributed by atoms with Crippen molar-refractivity contribution in [3.05, 3.63) is 70.8 Å². The molecule has 4 heteroatoms. The van der Waals surface area contributed by atoms with E-state index in [0.29, 0.717) is 25.4 Å². The molecule has 0 aliphatic carbocycles. The van der Waals surface area contributed by atoms with Crippen LogP contribution in [0.25, 0.3) is 0 Å². The molecule has 0 aliphatic rings. The Labute approximate surface area is 175 Å². The van der Waals surface area contributed by atoms with Crippen LogP contribution in [-0.2, 0) is 22.4 Å². The minimum absolute atomic E-state index is 0.0156. The lowest BCUT2D eigenvalue weighted by Gasteiger charge is -2.29. The molecule has 0 unspecified atom stereocenters. The summed E-state index contributed by atoms with van der Waals surface area (Å²) in [5, 5.41) is 2.96. The molecule has 0 heterocycles. The number of nitrogens with zero attached hydrogens (tertiary/aromatic N) is 1. The molecular formula is C25H34N2O2. The van der Waals surface area contributed by atoms with Gasteiger partial charge in [-0.15, -0.1) is 0 Å². The minimum Gasteiger partial charge on any atom is -0.354 e. The lowest BCUT2D eigenvalue weighted by atomic mass is 10.0. The number of hydrogen-bond donors (Lipinski definition) is 1. The second kappa shape index (κ2) is 10.8. The van der Waals surface area contributed by atoms with Crippen molar-refractivity contribution < 1.29 is 9.59 Å². The lowest BCUT2D eigenvalue weighted by molar-refractivity contribution is -0.139. The third-order valence-corrected chi connectivity index (χ3v) is 4.97. The average Bonchev–Trinajstić information content (AvgIpc) is 2.66. The van der Waals surface area contributed by atoms with Crippen LogP contribution in [0, 0.1) is 19.8 Å². The molecule has 0 fully saturated rings. The number of aryl methyl sites for hydroxylation is 2. The van der Waals surface area contributed by atoms with E-state index in [0.717, 1.165) is 28.7 Å². The van der Waals surface area contributed by atoms with Crippen molar-refractivity contribution in [3.63, 3.8) is 0 Å². The van der Waals surface area contributed by atoms with Gasteiger partial charge in [0.15, 0.2) is 0 Å². The van der Waals surface area contributed by atoms with E-state index >= 15 is 0 Å². The Kier molecular flexibility index (Phi) is 8.44. The highest BCUT2D eigenvalue weighted by Crippen LogP contribution is 2.13. The first-order valence-corrected chi connectivity index (χ1v) is 10.4. The Morgan fingerprint density at radius 3 is 2.14 bits per heavy atom. The van der Waals surface area contributed by atoms with Gasteiger partial charge in [-0.05, 0) is 44.2 Å². The van der Waals surface area contributed by atoms with Crippen LogP contribution in [0.3, 0.4) is 0 Å². The lowest BCUT2D eigenvalue weighted by Crippen LogP contribution is -2.49. The molecule has 156 valence electrons. The summed E-state index contributed by atoms with van der Waals surface area (Å²) in [7, 11) is 0. The largest absolute Gasteiger partial charge is 0.354 e. The van der Waals surface area contributed by atoms with Crippen molar-refractivity contribution in [2.24, 2.45) is 5.92 Å². The van der Waals surface area contributed by atoms with E-state index in [9.17, 15) is 9.59 Å². The maximum Gasteiger partial charge on any atom is 0.242 e. The normalized spacial score (nSPS) is 11.9. The Hall–Kier alpha value is -2.62. The molecule has 0 saturated heterocycles. The van der Waals surface area contributed by atoms with E-state index < -0.39 is 6.04 Å². The van der Waals surface area contributed by atoms with Crippen LogP contribution in [-0.4, -0.2) is 35.8 Å². The average molecular weight is 395 g/mol. The third kappa shape index (κ3) is 7.37. The number of carbonyl (C=O) groups is 2. The smallest absolute Gasteiger partial charge is 0.242 e. The van der Waals surface area contributed by atoms with Gasteiger partial charge in [0, 0.05) is 13.1 Å². The third-order valence-electron chi connectivity index (χ3n) is 4.97. The molecule has 4 nitrogen and oxygen atoms in total. The number of benzene rings is 2. The highest BCUT2D eigenvalue weighted by Gasteiger charge is 2.25. The highest BCUT2D eigenvalue weighted by atomic mass is 16.2. The molecule has 0 radical (unpaired) electrons. The zero-order valence-corrected chi connectivity index (χ0v) is 18.4. The molecule has 0 spiro atoms. The van der Waals surface area contributed by atoms with Gasteiger partial charge in [-0.2, -0.15) is 0 Å². The molecule has 2 rings (SSSR count). The van der Waals surface area contributed by atoms with Crippen LogP contribution in [0.5, 0.6) is 0 Å². The monoisotopic (exact) mass is 394 g/mol. The Balaban J connectivity index is 2.15. The Morgan fingerprint density at radius 1 is 0.931 bits per heavy atom. The van der Waals surface area contributed by atoms with E-state index in [1.807, 2.05) is 51.1 Å². The van der Waals surface area contributed by atoms with Crippen LogP contribution in [0.2, 0.25) is 0 Å². The van der Waals surface area contributed by atoms with Gasteiger partial charge < -0.3 is 10.2 Å². The fraction of sp³-hybridized carbons (Fsp3) is 0.440. The van der Waals surface area contributed by atoms with Gasteiger partial charge >= 0.3 is 0 Å². The van der Waals surface area contributed by atoms with Gasteiger partial charge in [-0.25, -0.2) is 0 Å². The molecule has 1 atom stereocenters. The van der Waals surface area contributed by atoms with Gasteiger partial charge in [0.25, 0.3) is 0 Å². The quantitative estimate of drug-likeness (QED) is 0.697. The molecule has 2 aromatic carbocycles. The molecule has 29 heavy (non-hydrogen) atoms. The standard InChI is InChI=1S/C25H34N2O2/c1-18(2)17-26-25(29)21(5)27(12-11-22-9-7-6-8-10-22)24(28)16-23-14-19(3)13-20(4)15-23/h6-10,13-15,18,21H,11-12,16-17H2,1-5H3,(H,26,29)/t21-/m1/s1. The fourth-order valence-electron chi connectivity index (χ4n) is 3.47. The number of hydrogen-bond acceptors (Lipinski definition) is 2. The first kappa shape index (κ1) is 22.7. The molecule has 0 saturated carbocycles. The number of amides is 2. The maximum absolute atomic E-state index is 13.2. The molecule has 0 bridgehead atoms. The van der Waals surface area contributed by atoms with Gasteiger partial charge in [0.2, 0.25) is 11.8 Å². The van der Waals surface area contributed by atoms with Gasteiger partial charge in [-0.3, -0.25) is 9.59 Å². The van der Waals surface area contributed by atoms with Gasteiger partial charge in [0.1, 0.15) is 6.04 Å². The molecule has 0 aliphatic heterocycles. The molecule has 1 N–H and O–H groups in total. The van der Waals surface area contributed by atoms with Crippen molar-refractivity contribution in [1.29, 1.82) is 0 Å². The second-order valence-corrected chi connectivity index (χ2v) is 8.31. The van der Waals surface area contributed by atoms with Gasteiger partial charge in [0.05, 0.1) is 6.42 Å². The van der Waals surface area contributed by atoms with Crippen LogP contribution < -0.4 is 5.32 Å². The van der Waals surface area contributed by atoms with Crippen molar-refractivity contribution >= 4 is 11.8 Å². The summed E-state index contributed by atoms with van der Waals surface area (Å²) in [4.78, 5) is 27.6. The summed E-state index contributed by atoms with van der Waals surface area (Å²) in [5.74, 6) is 0.258. The highest BCUT2D eigenvalue weighted by molar-refractivity contribution is 5.88. The summed E-state index contributed by atoms with van der Waals surface area (Å²) in [5.41, 5.74) is 4.44. The predicted molar refractivity (Wildman–Crippen MR) is 119 cm³/mol. The summed E-state index contributed by atoms with van der Waals surface area (Å²) in [6.07, 6.45) is 1.03. The molecule has 0 aromatic heterocycles. The van der Waals surface area contributed by atoms with Crippen LogP contribution in [0.15, 0.2) is 48.5 Å². The van der Waals surface area contributed by atoms with Crippen molar-refractivity contribution in [2.45, 2.75) is 53.5 Å². The van der Waals surface area contributed by atoms with E-state index in [2.05, 4.69) is 37.4 Å². The topological polar surface area (TPSA) is 49.4 Å². The minimum atomic E-state index is -0.504. The fourth-order valence-corrected chi connectivity index (χ4v) is 3.47. The number of rotatable bonds is 9. The van der Waals surface area contributed by atoms with Crippen LogP contribution >= 0.6 is 0 Å². The first-order chi connectivity index (χ1) is 13.8. The SMILES string of the molecule is Cc1cc(C)cc(CC(=O)N(CCc2ccccc2)[C@H](C)C(=O)NCC(C)C)c1. The zero-order chi connectivity index (χ0) is 21.4. The zero-order valence-electron chi connectivity index (χ0n) is 18.4. The maximum atomic E-state index is 13.2. The van der Waals surface area contributed by atoms with Crippen molar-refractivity contribution in [1.82, 2.24) is 10.2 Å². The van der Waals surface area contributed by atoms with E-state index in [-0.39, 0.29) is 11.8 Å². The van der Waals surface area contributed by atoms with E-state index in [1.54, 1.807) is 4.90 Å². The van der Waals surface area contributed by atoms with Crippen LogP contribution in [0.1, 0.15) is 43.0 Å². The number of carbonyl (C=O) groups excluding carboxylic acids is 2. The Bertz CT molecular complexity index is 795. The summed E-state index contributed by atoms with van der Waals surface area (Å²) in [6, 6.07) is 15.8. The summed E-state index contributed by atoms with van der Waals surface area (Å²) >= 11 is 0. The van der Waals surface area contributed by atoms with E-state index in [1.165, 1.54) is 0 Å².